The summed E-state index contributed by atoms with van der Waals surface area (Å²) in [5.74, 6) is 1.79. The summed E-state index contributed by atoms with van der Waals surface area (Å²) in [5.41, 5.74) is 8.84. The summed E-state index contributed by atoms with van der Waals surface area (Å²) in [6.07, 6.45) is 11.7. The maximum atomic E-state index is 4.99. The topological polar surface area (TPSA) is 90.0 Å². The fraction of sp³-hybridized carbons (Fsp3) is 0.480. The third kappa shape index (κ3) is 4.38. The minimum Gasteiger partial charge on any atom is -0.367 e. The number of anilines is 2. The maximum absolute atomic E-state index is 4.99. The molecule has 0 saturated carbocycles. The predicted octanol–water partition coefficient (Wildman–Crippen LogP) is 3.26. The number of aromatic nitrogens is 3. The molecule has 3 saturated heterocycles. The van der Waals surface area contributed by atoms with Crippen LogP contribution in [0.4, 0.5) is 11.6 Å². The Hall–Kier alpha value is -2.81. The second kappa shape index (κ2) is 8.85. The summed E-state index contributed by atoms with van der Waals surface area (Å²) in [6.45, 7) is 3.17. The van der Waals surface area contributed by atoms with Gasteiger partial charge in [0.2, 0.25) is 0 Å². The Bertz CT molecular complexity index is 1090. The van der Waals surface area contributed by atoms with E-state index in [1.807, 2.05) is 36.8 Å². The number of piperidine rings is 1. The molecule has 5 atom stereocenters. The van der Waals surface area contributed by atoms with E-state index in [4.69, 9.17) is 4.98 Å². The summed E-state index contributed by atoms with van der Waals surface area (Å²) in [6, 6.07) is 12.5. The van der Waals surface area contributed by atoms with E-state index >= 15 is 0 Å². The van der Waals surface area contributed by atoms with E-state index in [-0.39, 0.29) is 6.17 Å². The molecular formula is C25H32N8. The van der Waals surface area contributed by atoms with Crippen molar-refractivity contribution in [1.82, 2.24) is 30.7 Å². The molecule has 4 N–H and O–H groups in total. The molecule has 3 aliphatic heterocycles. The molecule has 6 heterocycles. The van der Waals surface area contributed by atoms with E-state index in [2.05, 4.69) is 55.4 Å². The Balaban J connectivity index is 1.19. The number of nitrogens with zero attached hydrogens (tertiary/aromatic N) is 4. The van der Waals surface area contributed by atoms with E-state index in [1.165, 1.54) is 18.4 Å². The highest BCUT2D eigenvalue weighted by molar-refractivity contribution is 5.91. The lowest BCUT2D eigenvalue weighted by Gasteiger charge is -2.39. The van der Waals surface area contributed by atoms with E-state index < -0.39 is 0 Å². The number of hydrogen-bond acceptors (Lipinski definition) is 8. The molecule has 8 heteroatoms. The average Bonchev–Trinajstić information content (AvgIpc) is 3.33. The molecule has 0 radical (unpaired) electrons. The molecule has 0 aromatic carbocycles. The molecule has 3 aliphatic rings. The fourth-order valence-electron chi connectivity index (χ4n) is 5.79. The van der Waals surface area contributed by atoms with Crippen LogP contribution in [0.5, 0.6) is 0 Å². The predicted molar refractivity (Wildman–Crippen MR) is 131 cm³/mol. The van der Waals surface area contributed by atoms with Crippen molar-refractivity contribution in [3.05, 3.63) is 54.5 Å². The van der Waals surface area contributed by atoms with Gasteiger partial charge in [0.15, 0.2) is 0 Å². The first-order valence-electron chi connectivity index (χ1n) is 12.2. The maximum Gasteiger partial charge on any atom is 0.138 e. The van der Waals surface area contributed by atoms with Crippen LogP contribution in [0.3, 0.4) is 0 Å². The van der Waals surface area contributed by atoms with Gasteiger partial charge in [-0.05, 0) is 62.8 Å². The molecule has 0 amide bonds. The van der Waals surface area contributed by atoms with Crippen molar-refractivity contribution in [1.29, 1.82) is 0 Å². The summed E-state index contributed by atoms with van der Waals surface area (Å²) in [7, 11) is 0. The van der Waals surface area contributed by atoms with Crippen LogP contribution in [0.1, 0.15) is 44.6 Å². The average molecular weight is 445 g/mol. The van der Waals surface area contributed by atoms with Gasteiger partial charge in [-0.15, -0.1) is 0 Å². The second-order valence-corrected chi connectivity index (χ2v) is 9.78. The van der Waals surface area contributed by atoms with E-state index in [0.717, 1.165) is 48.3 Å². The number of hydrazine groups is 1. The molecule has 8 nitrogen and oxygen atoms in total. The zero-order valence-corrected chi connectivity index (χ0v) is 19.0. The van der Waals surface area contributed by atoms with Crippen LogP contribution >= 0.6 is 0 Å². The van der Waals surface area contributed by atoms with Crippen molar-refractivity contribution in [3.8, 4) is 0 Å². The van der Waals surface area contributed by atoms with Crippen molar-refractivity contribution in [2.45, 2.75) is 75.9 Å². The minimum atomic E-state index is 0.160. The highest BCUT2D eigenvalue weighted by Gasteiger charge is 2.40. The Morgan fingerprint density at radius 1 is 1.03 bits per heavy atom. The number of nitrogens with one attached hydrogen (secondary N) is 4. The van der Waals surface area contributed by atoms with Crippen molar-refractivity contribution in [3.63, 3.8) is 0 Å². The van der Waals surface area contributed by atoms with E-state index in [1.54, 1.807) is 0 Å². The summed E-state index contributed by atoms with van der Waals surface area (Å²) in [5, 5.41) is 8.43. The molecule has 2 bridgehead atoms. The van der Waals surface area contributed by atoms with Crippen LogP contribution in [0.25, 0.3) is 10.9 Å². The van der Waals surface area contributed by atoms with Crippen molar-refractivity contribution in [2.75, 3.05) is 10.6 Å². The SMILES string of the molecule is CC1CC(Nc2cc3ncccc3c(NC3C[C@H]4CC[C@@H](C3)N4Cc3cccnc3)n2)NN1. The van der Waals surface area contributed by atoms with Gasteiger partial charge in [-0.1, -0.05) is 6.07 Å². The Labute approximate surface area is 194 Å². The van der Waals surface area contributed by atoms with Crippen LogP contribution in [0.2, 0.25) is 0 Å². The Morgan fingerprint density at radius 2 is 1.88 bits per heavy atom. The van der Waals surface area contributed by atoms with Crippen LogP contribution < -0.4 is 21.5 Å². The number of pyridine rings is 3. The standard InChI is InChI=1S/C25H32N8/c1-16-10-24(32-31-16)29-23-13-22-21(5-3-9-27-22)25(30-23)28-18-11-19-6-7-20(12-18)33(19)15-17-4-2-8-26-14-17/h2-5,8-9,13-14,16,18-20,24,31-32H,6-7,10-12,15H2,1H3,(H2,28,29,30)/t16?,18?,19-,20+,24?. The third-order valence-electron chi connectivity index (χ3n) is 7.33. The fourth-order valence-corrected chi connectivity index (χ4v) is 5.79. The van der Waals surface area contributed by atoms with Crippen molar-refractivity contribution in [2.24, 2.45) is 0 Å². The lowest BCUT2D eigenvalue weighted by atomic mass is 9.96. The number of hydrogen-bond donors (Lipinski definition) is 4. The smallest absolute Gasteiger partial charge is 0.138 e. The summed E-state index contributed by atoms with van der Waals surface area (Å²) >= 11 is 0. The molecule has 172 valence electrons. The van der Waals surface area contributed by atoms with Gasteiger partial charge in [0.1, 0.15) is 11.6 Å². The molecule has 33 heavy (non-hydrogen) atoms. The van der Waals surface area contributed by atoms with Gasteiger partial charge >= 0.3 is 0 Å². The van der Waals surface area contributed by atoms with Crippen molar-refractivity contribution < 1.29 is 0 Å². The molecule has 3 aromatic rings. The summed E-state index contributed by atoms with van der Waals surface area (Å²) < 4.78 is 0. The molecule has 0 spiro atoms. The first-order chi connectivity index (χ1) is 16.2. The van der Waals surface area contributed by atoms with Crippen LogP contribution in [0, 0.1) is 0 Å². The second-order valence-electron chi connectivity index (χ2n) is 9.78. The number of fused-ring (bicyclic) bond motifs is 3. The highest BCUT2D eigenvalue weighted by Crippen LogP contribution is 2.38. The lowest BCUT2D eigenvalue weighted by molar-refractivity contribution is 0.124. The lowest BCUT2D eigenvalue weighted by Crippen LogP contribution is -2.46. The Kier molecular flexibility index (Phi) is 5.57. The van der Waals surface area contributed by atoms with Gasteiger partial charge in [-0.3, -0.25) is 20.3 Å². The monoisotopic (exact) mass is 444 g/mol. The minimum absolute atomic E-state index is 0.160. The van der Waals surface area contributed by atoms with Crippen LogP contribution in [-0.4, -0.2) is 50.2 Å². The van der Waals surface area contributed by atoms with E-state index in [9.17, 15) is 0 Å². The van der Waals surface area contributed by atoms with Gasteiger partial charge in [0.25, 0.3) is 0 Å². The van der Waals surface area contributed by atoms with Crippen LogP contribution in [0.15, 0.2) is 48.9 Å². The first kappa shape index (κ1) is 20.8. The summed E-state index contributed by atoms with van der Waals surface area (Å²) in [4.78, 5) is 16.6. The molecule has 6 rings (SSSR count). The zero-order chi connectivity index (χ0) is 22.2. The molecule has 3 fully saturated rings. The Morgan fingerprint density at radius 3 is 2.64 bits per heavy atom. The molecule has 0 aliphatic carbocycles. The van der Waals surface area contributed by atoms with E-state index in [0.29, 0.717) is 24.2 Å². The molecule has 3 aromatic heterocycles. The normalized spacial score (nSPS) is 29.4. The highest BCUT2D eigenvalue weighted by atomic mass is 15.5. The zero-order valence-electron chi connectivity index (χ0n) is 19.0. The van der Waals surface area contributed by atoms with Crippen molar-refractivity contribution >= 4 is 22.5 Å². The van der Waals surface area contributed by atoms with Gasteiger partial charge in [-0.25, -0.2) is 10.4 Å². The van der Waals surface area contributed by atoms with Gasteiger partial charge in [0.05, 0.1) is 11.7 Å². The first-order valence-corrected chi connectivity index (χ1v) is 12.2. The van der Waals surface area contributed by atoms with Gasteiger partial charge < -0.3 is 10.6 Å². The van der Waals surface area contributed by atoms with Gasteiger partial charge in [-0.2, -0.15) is 0 Å². The van der Waals surface area contributed by atoms with Crippen LogP contribution in [-0.2, 0) is 6.54 Å². The third-order valence-corrected chi connectivity index (χ3v) is 7.33. The number of rotatable bonds is 6. The van der Waals surface area contributed by atoms with Gasteiger partial charge in [0, 0.05) is 60.8 Å². The quantitative estimate of drug-likeness (QED) is 0.461. The largest absolute Gasteiger partial charge is 0.367 e. The molecule has 3 unspecified atom stereocenters. The molecular weight excluding hydrogens is 412 g/mol.